The number of benzene rings is 1. The molecule has 0 saturated carbocycles. The number of carboxylic acids is 1. The summed E-state index contributed by atoms with van der Waals surface area (Å²) in [5.41, 5.74) is 0.248. The number of hydrogen-bond acceptors (Lipinski definition) is 2. The highest BCUT2D eigenvalue weighted by atomic mass is 35.5. The molecule has 1 heterocycles. The summed E-state index contributed by atoms with van der Waals surface area (Å²) in [5.74, 6) is -1.93. The molecule has 0 bridgehead atoms. The maximum Gasteiger partial charge on any atom is 0.310 e. The Bertz CT molecular complexity index is 447. The molecule has 2 atom stereocenters. The second kappa shape index (κ2) is 3.94. The first kappa shape index (κ1) is 11.2. The van der Waals surface area contributed by atoms with Crippen LogP contribution in [0.1, 0.15) is 12.5 Å². The van der Waals surface area contributed by atoms with E-state index in [9.17, 15) is 9.18 Å². The normalized spacial score (nSPS) is 23.4. The van der Waals surface area contributed by atoms with Crippen molar-refractivity contribution >= 4 is 17.6 Å². The highest BCUT2D eigenvalue weighted by molar-refractivity contribution is 6.30. The number of halogens is 2. The van der Waals surface area contributed by atoms with Crippen LogP contribution in [-0.2, 0) is 11.2 Å². The summed E-state index contributed by atoms with van der Waals surface area (Å²) in [6.07, 6.45) is -0.358. The van der Waals surface area contributed by atoms with Crippen molar-refractivity contribution in [3.05, 3.63) is 28.5 Å². The SMILES string of the molecule is CC1Oc2ccc(Cl)c(F)c2CC1C(=O)O. The Balaban J connectivity index is 2.44. The molecule has 0 saturated heterocycles. The van der Waals surface area contributed by atoms with Crippen molar-refractivity contribution in [2.45, 2.75) is 19.4 Å². The lowest BCUT2D eigenvalue weighted by Crippen LogP contribution is -2.36. The maximum atomic E-state index is 13.6. The van der Waals surface area contributed by atoms with E-state index in [4.69, 9.17) is 21.4 Å². The molecule has 0 radical (unpaired) electrons. The van der Waals surface area contributed by atoms with E-state index in [2.05, 4.69) is 0 Å². The van der Waals surface area contributed by atoms with Crippen LogP contribution in [-0.4, -0.2) is 17.2 Å². The van der Waals surface area contributed by atoms with Crippen LogP contribution in [0.5, 0.6) is 5.75 Å². The summed E-state index contributed by atoms with van der Waals surface area (Å²) in [6.45, 7) is 1.66. The lowest BCUT2D eigenvalue weighted by atomic mass is 9.91. The van der Waals surface area contributed by atoms with Gasteiger partial charge in [-0.05, 0) is 25.5 Å². The molecule has 3 nitrogen and oxygen atoms in total. The van der Waals surface area contributed by atoms with E-state index in [1.807, 2.05) is 0 Å². The highest BCUT2D eigenvalue weighted by Crippen LogP contribution is 2.35. The van der Waals surface area contributed by atoms with E-state index >= 15 is 0 Å². The van der Waals surface area contributed by atoms with Crippen molar-refractivity contribution in [1.29, 1.82) is 0 Å². The van der Waals surface area contributed by atoms with Crippen molar-refractivity contribution in [2.24, 2.45) is 5.92 Å². The van der Waals surface area contributed by atoms with Crippen molar-refractivity contribution in [3.63, 3.8) is 0 Å². The Labute approximate surface area is 96.8 Å². The van der Waals surface area contributed by atoms with Gasteiger partial charge in [-0.1, -0.05) is 11.6 Å². The van der Waals surface area contributed by atoms with Crippen molar-refractivity contribution in [2.75, 3.05) is 0 Å². The predicted molar refractivity (Wildman–Crippen MR) is 56.3 cm³/mol. The molecule has 2 rings (SSSR count). The first-order valence-electron chi connectivity index (χ1n) is 4.87. The van der Waals surface area contributed by atoms with Gasteiger partial charge in [-0.25, -0.2) is 4.39 Å². The summed E-state index contributed by atoms with van der Waals surface area (Å²) >= 11 is 5.63. The number of rotatable bonds is 1. The second-order valence-corrected chi connectivity index (χ2v) is 4.22. The fourth-order valence-electron chi connectivity index (χ4n) is 1.83. The van der Waals surface area contributed by atoms with Crippen LogP contribution in [0.15, 0.2) is 12.1 Å². The zero-order valence-corrected chi connectivity index (χ0v) is 9.29. The number of hydrogen-bond donors (Lipinski definition) is 1. The average Bonchev–Trinajstić information content (AvgIpc) is 2.23. The molecule has 5 heteroatoms. The standard InChI is InChI=1S/C11H10ClFO3/c1-5-6(11(14)15)4-7-9(16-5)3-2-8(12)10(7)13/h2-3,5-6H,4H2,1H3,(H,14,15). The monoisotopic (exact) mass is 244 g/mol. The fourth-order valence-corrected chi connectivity index (χ4v) is 2.01. The third kappa shape index (κ3) is 1.73. The average molecular weight is 245 g/mol. The number of aliphatic carboxylic acids is 1. The summed E-state index contributed by atoms with van der Waals surface area (Å²) < 4.78 is 19.0. The van der Waals surface area contributed by atoms with Gasteiger partial charge in [0.2, 0.25) is 0 Å². The lowest BCUT2D eigenvalue weighted by molar-refractivity contribution is -0.145. The molecule has 0 aliphatic carbocycles. The molecule has 1 aromatic rings. The van der Waals surface area contributed by atoms with Gasteiger partial charge >= 0.3 is 5.97 Å². The van der Waals surface area contributed by atoms with E-state index in [0.717, 1.165) is 0 Å². The van der Waals surface area contributed by atoms with Gasteiger partial charge in [0.25, 0.3) is 0 Å². The molecule has 0 amide bonds. The van der Waals surface area contributed by atoms with E-state index in [-0.39, 0.29) is 17.0 Å². The van der Waals surface area contributed by atoms with Gasteiger partial charge in [-0.15, -0.1) is 0 Å². The second-order valence-electron chi connectivity index (χ2n) is 3.81. The molecule has 1 aromatic carbocycles. The first-order valence-corrected chi connectivity index (χ1v) is 5.25. The molecule has 0 fully saturated rings. The van der Waals surface area contributed by atoms with Crippen LogP contribution in [0.25, 0.3) is 0 Å². The molecule has 2 unspecified atom stereocenters. The largest absolute Gasteiger partial charge is 0.489 e. The van der Waals surface area contributed by atoms with Gasteiger partial charge in [-0.2, -0.15) is 0 Å². The van der Waals surface area contributed by atoms with E-state index < -0.39 is 23.8 Å². The third-order valence-corrected chi connectivity index (χ3v) is 3.07. The van der Waals surface area contributed by atoms with E-state index in [1.165, 1.54) is 6.07 Å². The minimum atomic E-state index is -0.988. The van der Waals surface area contributed by atoms with Gasteiger partial charge < -0.3 is 9.84 Å². The van der Waals surface area contributed by atoms with Crippen LogP contribution in [0.2, 0.25) is 5.02 Å². The number of carboxylic acid groups (broad SMARTS) is 1. The Kier molecular flexibility index (Phi) is 2.76. The topological polar surface area (TPSA) is 46.5 Å². The van der Waals surface area contributed by atoms with Gasteiger partial charge in [0.05, 0.1) is 10.9 Å². The molecular formula is C11H10ClFO3. The summed E-state index contributed by atoms with van der Waals surface area (Å²) in [5, 5.41) is 8.95. The first-order chi connectivity index (χ1) is 7.50. The Morgan fingerprint density at radius 3 is 2.94 bits per heavy atom. The van der Waals surface area contributed by atoms with E-state index in [0.29, 0.717) is 5.75 Å². The highest BCUT2D eigenvalue weighted by Gasteiger charge is 2.34. The zero-order valence-electron chi connectivity index (χ0n) is 8.54. The van der Waals surface area contributed by atoms with Gasteiger partial charge in [-0.3, -0.25) is 4.79 Å². The smallest absolute Gasteiger partial charge is 0.310 e. The third-order valence-electron chi connectivity index (χ3n) is 2.77. The van der Waals surface area contributed by atoms with Crippen LogP contribution in [0.3, 0.4) is 0 Å². The van der Waals surface area contributed by atoms with Crippen molar-refractivity contribution < 1.29 is 19.0 Å². The molecule has 0 spiro atoms. The quantitative estimate of drug-likeness (QED) is 0.826. The van der Waals surface area contributed by atoms with Crippen LogP contribution >= 0.6 is 11.6 Å². The van der Waals surface area contributed by atoms with Crippen molar-refractivity contribution in [1.82, 2.24) is 0 Å². The molecule has 16 heavy (non-hydrogen) atoms. The molecule has 86 valence electrons. The zero-order chi connectivity index (χ0) is 11.9. The van der Waals surface area contributed by atoms with Crippen LogP contribution < -0.4 is 4.74 Å². The lowest BCUT2D eigenvalue weighted by Gasteiger charge is -2.29. The number of fused-ring (bicyclic) bond motifs is 1. The predicted octanol–water partition coefficient (Wildman–Crippen LogP) is 2.50. The minimum absolute atomic E-state index is 0.0129. The molecule has 0 aromatic heterocycles. The Morgan fingerprint density at radius 1 is 1.62 bits per heavy atom. The Morgan fingerprint density at radius 2 is 2.31 bits per heavy atom. The summed E-state index contributed by atoms with van der Waals surface area (Å²) in [7, 11) is 0. The maximum absolute atomic E-state index is 13.6. The number of ether oxygens (including phenoxy) is 1. The molecule has 1 N–H and O–H groups in total. The number of carbonyl (C=O) groups is 1. The summed E-state index contributed by atoms with van der Waals surface area (Å²) in [6, 6.07) is 2.97. The van der Waals surface area contributed by atoms with Crippen LogP contribution in [0.4, 0.5) is 4.39 Å². The van der Waals surface area contributed by atoms with Gasteiger partial charge in [0, 0.05) is 5.56 Å². The molecule has 1 aliphatic heterocycles. The summed E-state index contributed by atoms with van der Waals surface area (Å²) in [4.78, 5) is 10.9. The minimum Gasteiger partial charge on any atom is -0.489 e. The van der Waals surface area contributed by atoms with E-state index in [1.54, 1.807) is 13.0 Å². The fraction of sp³-hybridized carbons (Fsp3) is 0.364. The van der Waals surface area contributed by atoms with Crippen molar-refractivity contribution in [3.8, 4) is 5.75 Å². The molecule has 1 aliphatic rings. The van der Waals surface area contributed by atoms with Gasteiger partial charge in [0.15, 0.2) is 0 Å². The Hall–Kier alpha value is -1.29. The van der Waals surface area contributed by atoms with Crippen LogP contribution in [0, 0.1) is 11.7 Å². The van der Waals surface area contributed by atoms with Gasteiger partial charge in [0.1, 0.15) is 17.7 Å². The molecular weight excluding hydrogens is 235 g/mol.